The summed E-state index contributed by atoms with van der Waals surface area (Å²) in [5.41, 5.74) is 6.53. The van der Waals surface area contributed by atoms with E-state index < -0.39 is 0 Å². The lowest BCUT2D eigenvalue weighted by Crippen LogP contribution is -2.42. The topological polar surface area (TPSA) is 103 Å². The van der Waals surface area contributed by atoms with E-state index in [1.54, 1.807) is 17.6 Å². The third-order valence-electron chi connectivity index (χ3n) is 5.35. The van der Waals surface area contributed by atoms with E-state index in [-0.39, 0.29) is 30.1 Å². The molecular weight excluding hydrogens is 368 g/mol. The number of halogens is 1. The van der Waals surface area contributed by atoms with Crippen molar-refractivity contribution in [3.05, 3.63) is 39.3 Å². The van der Waals surface area contributed by atoms with E-state index in [9.17, 15) is 9.59 Å². The molecule has 1 aliphatic rings. The zero-order valence-electron chi connectivity index (χ0n) is 15.0. The van der Waals surface area contributed by atoms with Gasteiger partial charge in [-0.3, -0.25) is 9.59 Å². The van der Waals surface area contributed by atoms with Gasteiger partial charge >= 0.3 is 0 Å². The molecule has 7 nitrogen and oxygen atoms in total. The van der Waals surface area contributed by atoms with Crippen molar-refractivity contribution in [2.75, 3.05) is 6.54 Å². The van der Waals surface area contributed by atoms with Crippen molar-refractivity contribution in [1.29, 1.82) is 0 Å². The first kappa shape index (κ1) is 18.0. The second-order valence-corrected chi connectivity index (χ2v) is 7.47. The highest BCUT2D eigenvalue weighted by molar-refractivity contribution is 6.37. The van der Waals surface area contributed by atoms with E-state index in [1.807, 2.05) is 12.1 Å². The fraction of sp³-hybridized carbons (Fsp3) is 0.421. The Hall–Kier alpha value is -2.38. The minimum absolute atomic E-state index is 0.000188. The monoisotopic (exact) mass is 388 g/mol. The number of hydrogen-bond acceptors (Lipinski definition) is 5. The van der Waals surface area contributed by atoms with Crippen LogP contribution in [0.3, 0.4) is 0 Å². The molecule has 2 unspecified atom stereocenters. The average Bonchev–Trinajstić information content (AvgIpc) is 3.04. The number of nitrogens with one attached hydrogen (secondary N) is 1. The third-order valence-corrected chi connectivity index (χ3v) is 5.66. The number of fused-ring (bicyclic) bond motifs is 3. The molecule has 1 aliphatic carbocycles. The number of nitrogens with two attached hydrogens (primary N) is 1. The number of carbonyl (C=O) groups is 1. The van der Waals surface area contributed by atoms with Crippen LogP contribution < -0.4 is 16.6 Å². The number of benzene rings is 1. The summed E-state index contributed by atoms with van der Waals surface area (Å²) in [5.74, 6) is 0.306. The van der Waals surface area contributed by atoms with E-state index in [0.717, 1.165) is 30.2 Å². The Balaban J connectivity index is 1.89. The number of amides is 1. The summed E-state index contributed by atoms with van der Waals surface area (Å²) in [6.07, 6.45) is 3.31. The van der Waals surface area contributed by atoms with E-state index in [2.05, 4.69) is 10.5 Å². The Labute approximate surface area is 160 Å². The molecule has 1 aromatic carbocycles. The van der Waals surface area contributed by atoms with Gasteiger partial charge in [0.15, 0.2) is 0 Å². The van der Waals surface area contributed by atoms with Crippen LogP contribution in [0.15, 0.2) is 27.5 Å². The van der Waals surface area contributed by atoms with Crippen LogP contribution in [0.4, 0.5) is 0 Å². The molecule has 2 heterocycles. The molecule has 0 saturated heterocycles. The first-order valence-electron chi connectivity index (χ1n) is 9.09. The summed E-state index contributed by atoms with van der Waals surface area (Å²) in [6, 6.07) is 5.45. The van der Waals surface area contributed by atoms with Gasteiger partial charge in [-0.2, -0.15) is 0 Å². The van der Waals surface area contributed by atoms with Crippen molar-refractivity contribution in [3.63, 3.8) is 0 Å². The fourth-order valence-corrected chi connectivity index (χ4v) is 4.41. The van der Waals surface area contributed by atoms with E-state index >= 15 is 0 Å². The maximum atomic E-state index is 13.3. The summed E-state index contributed by atoms with van der Waals surface area (Å²) in [4.78, 5) is 25.0. The van der Waals surface area contributed by atoms with Gasteiger partial charge in [0.2, 0.25) is 5.91 Å². The minimum Gasteiger partial charge on any atom is -0.360 e. The zero-order chi connectivity index (χ0) is 19.1. The summed E-state index contributed by atoms with van der Waals surface area (Å²) >= 11 is 6.46. The highest BCUT2D eigenvalue weighted by Gasteiger charge is 2.28. The van der Waals surface area contributed by atoms with Crippen LogP contribution in [-0.2, 0) is 4.79 Å². The molecule has 2 atom stereocenters. The third kappa shape index (κ3) is 3.00. The van der Waals surface area contributed by atoms with Crippen LogP contribution in [0.5, 0.6) is 0 Å². The van der Waals surface area contributed by atoms with Crippen molar-refractivity contribution in [3.8, 4) is 0 Å². The molecule has 0 spiro atoms. The van der Waals surface area contributed by atoms with Gasteiger partial charge in [0, 0.05) is 17.5 Å². The molecule has 0 aliphatic heterocycles. The molecule has 1 fully saturated rings. The van der Waals surface area contributed by atoms with Gasteiger partial charge in [-0.15, -0.1) is 0 Å². The summed E-state index contributed by atoms with van der Waals surface area (Å²) < 4.78 is 7.10. The Morgan fingerprint density at radius 3 is 3.00 bits per heavy atom. The van der Waals surface area contributed by atoms with Crippen molar-refractivity contribution in [2.24, 2.45) is 5.73 Å². The maximum absolute atomic E-state index is 13.3. The predicted octanol–water partition coefficient (Wildman–Crippen LogP) is 2.66. The molecule has 1 saturated carbocycles. The zero-order valence-corrected chi connectivity index (χ0v) is 15.8. The quantitative estimate of drug-likeness (QED) is 0.717. The van der Waals surface area contributed by atoms with Gasteiger partial charge in [-0.1, -0.05) is 22.8 Å². The highest BCUT2D eigenvalue weighted by Crippen LogP contribution is 2.35. The van der Waals surface area contributed by atoms with Crippen LogP contribution in [0.1, 0.15) is 37.5 Å². The molecule has 0 bridgehead atoms. The van der Waals surface area contributed by atoms with Crippen LogP contribution in [-0.4, -0.2) is 28.2 Å². The minimum atomic E-state index is -0.175. The van der Waals surface area contributed by atoms with Gasteiger partial charge in [-0.05, 0) is 44.7 Å². The molecule has 27 heavy (non-hydrogen) atoms. The number of aryl methyl sites for hydroxylation is 1. The average molecular weight is 389 g/mol. The standard InChI is InChI=1S/C19H21ClN4O3/c1-10-16-18(23-27-10)17-13(20)6-3-7-14(17)24(19(16)26)12-5-2-4-11(8-12)22-15(25)9-21/h3,6-7,11-12H,2,4-5,8-9,21H2,1H3,(H,22,25). The molecule has 2 aromatic heterocycles. The van der Waals surface area contributed by atoms with Crippen LogP contribution in [0, 0.1) is 6.92 Å². The molecule has 1 amide bonds. The maximum Gasteiger partial charge on any atom is 0.264 e. The Kier molecular flexibility index (Phi) is 4.65. The Morgan fingerprint density at radius 2 is 2.22 bits per heavy atom. The van der Waals surface area contributed by atoms with E-state index in [1.165, 1.54) is 0 Å². The van der Waals surface area contributed by atoms with Gasteiger partial charge in [-0.25, -0.2) is 0 Å². The molecule has 8 heteroatoms. The van der Waals surface area contributed by atoms with Gasteiger partial charge in [0.25, 0.3) is 5.56 Å². The molecular formula is C19H21ClN4O3. The number of pyridine rings is 1. The van der Waals surface area contributed by atoms with Gasteiger partial charge in [0.1, 0.15) is 16.7 Å². The Morgan fingerprint density at radius 1 is 1.41 bits per heavy atom. The predicted molar refractivity (Wildman–Crippen MR) is 104 cm³/mol. The molecule has 142 valence electrons. The first-order valence-corrected chi connectivity index (χ1v) is 9.47. The lowest BCUT2D eigenvalue weighted by molar-refractivity contribution is -0.120. The van der Waals surface area contributed by atoms with Crippen molar-refractivity contribution >= 4 is 39.3 Å². The van der Waals surface area contributed by atoms with Crippen molar-refractivity contribution < 1.29 is 9.32 Å². The first-order chi connectivity index (χ1) is 13.0. The molecule has 3 aromatic rings. The van der Waals surface area contributed by atoms with Crippen molar-refractivity contribution in [1.82, 2.24) is 15.0 Å². The second kappa shape index (κ2) is 6.98. The summed E-state index contributed by atoms with van der Waals surface area (Å²) in [7, 11) is 0. The van der Waals surface area contributed by atoms with Crippen LogP contribution in [0.2, 0.25) is 5.02 Å². The lowest BCUT2D eigenvalue weighted by atomic mass is 9.90. The number of aromatic nitrogens is 2. The van der Waals surface area contributed by atoms with E-state index in [0.29, 0.717) is 28.1 Å². The number of rotatable bonds is 3. The lowest BCUT2D eigenvalue weighted by Gasteiger charge is -2.32. The van der Waals surface area contributed by atoms with Gasteiger partial charge < -0.3 is 20.1 Å². The highest BCUT2D eigenvalue weighted by atomic mass is 35.5. The number of hydrogen-bond donors (Lipinski definition) is 2. The number of nitrogens with zero attached hydrogens (tertiary/aromatic N) is 2. The largest absolute Gasteiger partial charge is 0.360 e. The SMILES string of the molecule is Cc1onc2c1c(=O)n(C1CCCC(NC(=O)CN)C1)c1cccc(Cl)c21. The smallest absolute Gasteiger partial charge is 0.264 e. The summed E-state index contributed by atoms with van der Waals surface area (Å²) in [5, 5.41) is 8.74. The van der Waals surface area contributed by atoms with Crippen LogP contribution in [0.25, 0.3) is 21.8 Å². The van der Waals surface area contributed by atoms with Crippen molar-refractivity contribution in [2.45, 2.75) is 44.7 Å². The molecule has 4 rings (SSSR count). The molecule has 0 radical (unpaired) electrons. The second-order valence-electron chi connectivity index (χ2n) is 7.06. The fourth-order valence-electron chi connectivity index (χ4n) is 4.15. The van der Waals surface area contributed by atoms with Crippen LogP contribution >= 0.6 is 11.6 Å². The summed E-state index contributed by atoms with van der Waals surface area (Å²) in [6.45, 7) is 1.69. The Bertz CT molecular complexity index is 1090. The normalized spacial score (nSPS) is 20.3. The number of carbonyl (C=O) groups excluding carboxylic acids is 1. The molecule has 3 N–H and O–H groups in total. The van der Waals surface area contributed by atoms with E-state index in [4.69, 9.17) is 21.9 Å². The van der Waals surface area contributed by atoms with Gasteiger partial charge in [0.05, 0.1) is 17.1 Å².